The van der Waals surface area contributed by atoms with E-state index in [9.17, 15) is 8.78 Å². The Balaban J connectivity index is 1.39. The fourth-order valence-electron chi connectivity index (χ4n) is 3.43. The van der Waals surface area contributed by atoms with Crippen LogP contribution in [0.4, 0.5) is 26.0 Å². The number of aliphatic imine (C=N–C) groups is 1. The molecule has 1 aliphatic rings. The van der Waals surface area contributed by atoms with Crippen LogP contribution in [0.15, 0.2) is 65.9 Å². The van der Waals surface area contributed by atoms with E-state index >= 15 is 0 Å². The van der Waals surface area contributed by atoms with Crippen LogP contribution < -0.4 is 15.4 Å². The van der Waals surface area contributed by atoms with Crippen molar-refractivity contribution < 1.29 is 18.3 Å². The number of halogens is 2. The number of rotatable bonds is 5. The molecule has 166 valence electrons. The zero-order valence-electron chi connectivity index (χ0n) is 17.6. The maximum atomic E-state index is 13.9. The predicted octanol–water partition coefficient (Wildman–Crippen LogP) is 5.55. The van der Waals surface area contributed by atoms with E-state index in [0.717, 1.165) is 33.9 Å². The van der Waals surface area contributed by atoms with Crippen LogP contribution in [0.5, 0.6) is 11.5 Å². The molecule has 7 nitrogen and oxygen atoms in total. The molecule has 1 aliphatic heterocycles. The van der Waals surface area contributed by atoms with Gasteiger partial charge in [-0.05, 0) is 61.0 Å². The average Bonchev–Trinajstić information content (AvgIpc) is 3.32. The highest BCUT2D eigenvalue weighted by Gasteiger charge is 2.13. The number of aryl methyl sites for hydroxylation is 1. The van der Waals surface area contributed by atoms with Crippen LogP contribution in [0, 0.1) is 18.6 Å². The third kappa shape index (κ3) is 4.38. The summed E-state index contributed by atoms with van der Waals surface area (Å²) < 4.78 is 38.4. The van der Waals surface area contributed by atoms with Crippen LogP contribution >= 0.6 is 0 Å². The monoisotopic (exact) mass is 447 g/mol. The average molecular weight is 447 g/mol. The summed E-state index contributed by atoms with van der Waals surface area (Å²) >= 11 is 0. The summed E-state index contributed by atoms with van der Waals surface area (Å²) in [5, 5.41) is 7.24. The first-order valence-electron chi connectivity index (χ1n) is 10.3. The first-order valence-corrected chi connectivity index (χ1v) is 10.3. The van der Waals surface area contributed by atoms with Crippen molar-refractivity contribution in [1.82, 2.24) is 9.97 Å². The number of benzene rings is 3. The Hall–Kier alpha value is -4.27. The van der Waals surface area contributed by atoms with E-state index in [1.165, 1.54) is 18.5 Å². The van der Waals surface area contributed by atoms with E-state index in [0.29, 0.717) is 30.7 Å². The normalized spacial score (nSPS) is 12.9. The molecule has 0 unspecified atom stereocenters. The number of amidine groups is 1. The van der Waals surface area contributed by atoms with Crippen LogP contribution in [0.3, 0.4) is 0 Å². The summed E-state index contributed by atoms with van der Waals surface area (Å²) in [5.74, 6) is -1.12. The Morgan fingerprint density at radius 2 is 1.79 bits per heavy atom. The van der Waals surface area contributed by atoms with Crippen LogP contribution in [0.1, 0.15) is 5.56 Å². The predicted molar refractivity (Wildman–Crippen MR) is 122 cm³/mol. The number of nitrogens with one attached hydrogen (secondary N) is 2. The smallest absolute Gasteiger partial charge is 0.289 e. The van der Waals surface area contributed by atoms with Gasteiger partial charge >= 0.3 is 0 Å². The van der Waals surface area contributed by atoms with Crippen LogP contribution in [-0.2, 0) is 4.74 Å². The van der Waals surface area contributed by atoms with Gasteiger partial charge in [-0.15, -0.1) is 0 Å². The lowest BCUT2D eigenvalue weighted by Crippen LogP contribution is -2.11. The Kier molecular flexibility index (Phi) is 5.43. The molecule has 0 spiro atoms. The van der Waals surface area contributed by atoms with Crippen LogP contribution in [0.2, 0.25) is 0 Å². The summed E-state index contributed by atoms with van der Waals surface area (Å²) in [6, 6.07) is 15.3. The van der Waals surface area contributed by atoms with Gasteiger partial charge in [-0.1, -0.05) is 6.07 Å². The maximum absolute atomic E-state index is 13.9. The lowest BCUT2D eigenvalue weighted by molar-refractivity contribution is 0.346. The molecule has 5 rings (SSSR count). The highest BCUT2D eigenvalue weighted by atomic mass is 19.2. The van der Waals surface area contributed by atoms with E-state index in [4.69, 9.17) is 9.47 Å². The lowest BCUT2D eigenvalue weighted by Gasteiger charge is -2.13. The zero-order chi connectivity index (χ0) is 22.8. The number of hydrogen-bond donors (Lipinski definition) is 2. The lowest BCUT2D eigenvalue weighted by atomic mass is 10.1. The fourth-order valence-corrected chi connectivity index (χ4v) is 3.43. The molecule has 0 saturated carbocycles. The molecule has 0 atom stereocenters. The molecule has 0 aliphatic carbocycles. The molecule has 4 aromatic rings. The molecule has 1 aromatic heterocycles. The minimum Gasteiger partial charge on any atom is -0.463 e. The zero-order valence-corrected chi connectivity index (χ0v) is 17.6. The second-order valence-electron chi connectivity index (χ2n) is 7.37. The van der Waals surface area contributed by atoms with E-state index in [1.807, 2.05) is 31.2 Å². The van der Waals surface area contributed by atoms with Gasteiger partial charge < -0.3 is 20.1 Å². The highest BCUT2D eigenvalue weighted by molar-refractivity contribution is 5.97. The van der Waals surface area contributed by atoms with Crippen molar-refractivity contribution >= 4 is 34.1 Å². The highest BCUT2D eigenvalue weighted by Crippen LogP contribution is 2.32. The van der Waals surface area contributed by atoms with E-state index in [-0.39, 0.29) is 5.75 Å². The molecule has 2 N–H and O–H groups in total. The Bertz CT molecular complexity index is 1380. The molecule has 2 heterocycles. The van der Waals surface area contributed by atoms with Gasteiger partial charge in [-0.2, -0.15) is 4.39 Å². The molecule has 33 heavy (non-hydrogen) atoms. The summed E-state index contributed by atoms with van der Waals surface area (Å²) in [4.78, 5) is 12.9. The molecule has 0 fully saturated rings. The topological polar surface area (TPSA) is 80.7 Å². The van der Waals surface area contributed by atoms with E-state index < -0.39 is 11.6 Å². The first-order chi connectivity index (χ1) is 16.1. The SMILES string of the molecule is Cc1cc(Nc2ncnc3ccc(NC4=NCCO4)cc23)ccc1Oc1cccc(F)c1F. The minimum atomic E-state index is -1.02. The van der Waals surface area contributed by atoms with Crippen molar-refractivity contribution in [2.75, 3.05) is 23.8 Å². The van der Waals surface area contributed by atoms with Gasteiger partial charge in [0.15, 0.2) is 11.6 Å². The second-order valence-corrected chi connectivity index (χ2v) is 7.37. The summed E-state index contributed by atoms with van der Waals surface area (Å²) in [6.45, 7) is 3.02. The number of aromatic nitrogens is 2. The maximum Gasteiger partial charge on any atom is 0.289 e. The van der Waals surface area contributed by atoms with E-state index in [1.54, 1.807) is 12.1 Å². The van der Waals surface area contributed by atoms with E-state index in [2.05, 4.69) is 25.6 Å². The molecule has 0 saturated heterocycles. The van der Waals surface area contributed by atoms with Gasteiger partial charge in [-0.25, -0.2) is 19.4 Å². The molecular formula is C24H19F2N5O2. The largest absolute Gasteiger partial charge is 0.463 e. The Morgan fingerprint density at radius 1 is 0.939 bits per heavy atom. The third-order valence-corrected chi connectivity index (χ3v) is 5.05. The van der Waals surface area contributed by atoms with Crippen molar-refractivity contribution in [3.8, 4) is 11.5 Å². The summed E-state index contributed by atoms with van der Waals surface area (Å²) in [7, 11) is 0. The second kappa shape index (κ2) is 8.70. The van der Waals surface area contributed by atoms with Crippen LogP contribution in [-0.4, -0.2) is 29.1 Å². The fraction of sp³-hybridized carbons (Fsp3) is 0.125. The number of nitrogens with zero attached hydrogens (tertiary/aromatic N) is 3. The summed E-state index contributed by atoms with van der Waals surface area (Å²) in [5.41, 5.74) is 3.06. The van der Waals surface area contributed by atoms with Crippen molar-refractivity contribution in [3.63, 3.8) is 0 Å². The van der Waals surface area contributed by atoms with Crippen molar-refractivity contribution in [2.24, 2.45) is 4.99 Å². The molecular weight excluding hydrogens is 428 g/mol. The molecule has 0 amide bonds. The van der Waals surface area contributed by atoms with Crippen LogP contribution in [0.25, 0.3) is 10.9 Å². The number of hydrogen-bond acceptors (Lipinski definition) is 7. The van der Waals surface area contributed by atoms with Gasteiger partial charge in [0, 0.05) is 16.8 Å². The van der Waals surface area contributed by atoms with Gasteiger partial charge in [-0.3, -0.25) is 0 Å². The van der Waals surface area contributed by atoms with Gasteiger partial charge in [0.25, 0.3) is 6.02 Å². The Labute approximate surface area is 188 Å². The van der Waals surface area contributed by atoms with Gasteiger partial charge in [0.05, 0.1) is 12.1 Å². The number of anilines is 3. The third-order valence-electron chi connectivity index (χ3n) is 5.05. The van der Waals surface area contributed by atoms with Crippen molar-refractivity contribution in [2.45, 2.75) is 6.92 Å². The number of ether oxygens (including phenoxy) is 2. The summed E-state index contributed by atoms with van der Waals surface area (Å²) in [6.07, 6.45) is 1.49. The molecule has 0 radical (unpaired) electrons. The minimum absolute atomic E-state index is 0.170. The van der Waals surface area contributed by atoms with Crippen molar-refractivity contribution in [3.05, 3.63) is 78.1 Å². The van der Waals surface area contributed by atoms with Gasteiger partial charge in [0.1, 0.15) is 24.5 Å². The molecule has 0 bridgehead atoms. The first kappa shape index (κ1) is 20.6. The molecule has 9 heteroatoms. The van der Waals surface area contributed by atoms with Gasteiger partial charge in [0.2, 0.25) is 5.82 Å². The molecule has 3 aromatic carbocycles. The quantitative estimate of drug-likeness (QED) is 0.418. The Morgan fingerprint density at radius 3 is 2.61 bits per heavy atom. The standard InChI is InChI=1S/C24H19F2N5O2/c1-14-11-15(6-8-20(14)33-21-4-2-3-18(25)22(21)26)30-23-17-12-16(31-24-27-9-10-32-24)5-7-19(17)28-13-29-23/h2-8,11-13H,9-10H2,1H3,(H,27,31)(H,28,29,30). The van der Waals surface area contributed by atoms with Crippen molar-refractivity contribution in [1.29, 1.82) is 0 Å². The number of fused-ring (bicyclic) bond motifs is 1.